The largest absolute Gasteiger partial charge is 0.490 e. The van der Waals surface area contributed by atoms with Gasteiger partial charge in [-0.25, -0.2) is 0 Å². The third-order valence-electron chi connectivity index (χ3n) is 4.03. The second kappa shape index (κ2) is 7.33. The minimum atomic E-state index is -0.243. The third-order valence-corrected chi connectivity index (χ3v) is 4.03. The lowest BCUT2D eigenvalue weighted by Gasteiger charge is -2.30. The minimum Gasteiger partial charge on any atom is -0.490 e. The first-order chi connectivity index (χ1) is 11.6. The number of nitrogens with zero attached hydrogens (tertiary/aromatic N) is 3. The summed E-state index contributed by atoms with van der Waals surface area (Å²) < 4.78 is 16.1. The predicted molar refractivity (Wildman–Crippen MR) is 87.1 cm³/mol. The maximum atomic E-state index is 11.3. The molecule has 0 bridgehead atoms. The van der Waals surface area contributed by atoms with Crippen LogP contribution in [0, 0.1) is 6.92 Å². The molecule has 2 heterocycles. The van der Waals surface area contributed by atoms with E-state index >= 15 is 0 Å². The van der Waals surface area contributed by atoms with E-state index in [0.29, 0.717) is 11.9 Å². The normalized spacial score (nSPS) is 15.3. The van der Waals surface area contributed by atoms with Crippen LogP contribution in [-0.4, -0.2) is 42.5 Å². The number of hydrogen-bond donors (Lipinski definition) is 0. The molecule has 24 heavy (non-hydrogen) atoms. The average Bonchev–Trinajstić information content (AvgIpc) is 3.03. The Balaban J connectivity index is 1.50. The van der Waals surface area contributed by atoms with Gasteiger partial charge in [-0.15, -0.1) is 5.10 Å². The molecule has 1 aliphatic heterocycles. The van der Waals surface area contributed by atoms with Crippen molar-refractivity contribution in [3.05, 3.63) is 35.7 Å². The Morgan fingerprint density at radius 1 is 1.25 bits per heavy atom. The van der Waals surface area contributed by atoms with Crippen molar-refractivity contribution in [2.75, 3.05) is 25.1 Å². The van der Waals surface area contributed by atoms with Crippen molar-refractivity contribution < 1.29 is 18.7 Å². The monoisotopic (exact) mass is 331 g/mol. The van der Waals surface area contributed by atoms with Gasteiger partial charge >= 0.3 is 12.0 Å². The molecule has 0 N–H and O–H groups in total. The minimum absolute atomic E-state index is 0.164. The van der Waals surface area contributed by atoms with Gasteiger partial charge in [0.05, 0.1) is 13.5 Å². The number of anilines is 1. The molecule has 1 fully saturated rings. The summed E-state index contributed by atoms with van der Waals surface area (Å²) >= 11 is 0. The Hall–Kier alpha value is -2.57. The van der Waals surface area contributed by atoms with Gasteiger partial charge in [0.1, 0.15) is 11.9 Å². The van der Waals surface area contributed by atoms with E-state index in [2.05, 4.69) is 19.8 Å². The number of piperidine rings is 1. The average molecular weight is 331 g/mol. The Labute approximate surface area is 140 Å². The smallest absolute Gasteiger partial charge is 0.318 e. The van der Waals surface area contributed by atoms with Gasteiger partial charge in [-0.05, 0) is 17.7 Å². The van der Waals surface area contributed by atoms with Gasteiger partial charge in [0, 0.05) is 32.9 Å². The first-order valence-electron chi connectivity index (χ1n) is 8.01. The fourth-order valence-corrected chi connectivity index (χ4v) is 2.70. The molecule has 1 aliphatic rings. The number of aromatic nitrogens is 2. The molecule has 3 rings (SSSR count). The summed E-state index contributed by atoms with van der Waals surface area (Å²) in [5.74, 6) is 1.15. The maximum absolute atomic E-state index is 11.3. The molecular formula is C17H21N3O4. The summed E-state index contributed by atoms with van der Waals surface area (Å²) in [5, 5.41) is 7.91. The van der Waals surface area contributed by atoms with E-state index in [-0.39, 0.29) is 18.5 Å². The number of methoxy groups -OCH3 is 1. The van der Waals surface area contributed by atoms with E-state index in [1.165, 1.54) is 7.11 Å². The van der Waals surface area contributed by atoms with Crippen molar-refractivity contribution in [2.45, 2.75) is 32.3 Å². The van der Waals surface area contributed by atoms with Crippen LogP contribution in [0.15, 0.2) is 28.7 Å². The molecule has 7 heteroatoms. The molecule has 0 unspecified atom stereocenters. The zero-order valence-corrected chi connectivity index (χ0v) is 13.9. The molecule has 128 valence electrons. The fourth-order valence-electron chi connectivity index (χ4n) is 2.70. The lowest BCUT2D eigenvalue weighted by molar-refractivity contribution is -0.139. The number of hydrogen-bond acceptors (Lipinski definition) is 7. The van der Waals surface area contributed by atoms with E-state index in [4.69, 9.17) is 9.15 Å². The molecule has 7 nitrogen and oxygen atoms in total. The fraction of sp³-hybridized carbons (Fsp3) is 0.471. The highest BCUT2D eigenvalue weighted by molar-refractivity contribution is 5.72. The SMILES string of the molecule is COC(=O)Cc1ccc(OC2CCN(c3nnc(C)o3)CC2)cc1. The van der Waals surface area contributed by atoms with Crippen LogP contribution in [0.4, 0.5) is 6.01 Å². The van der Waals surface area contributed by atoms with Gasteiger partial charge in [-0.3, -0.25) is 4.79 Å². The van der Waals surface area contributed by atoms with Crippen LogP contribution in [-0.2, 0) is 16.0 Å². The van der Waals surface area contributed by atoms with Gasteiger partial charge in [0.25, 0.3) is 0 Å². The van der Waals surface area contributed by atoms with Crippen LogP contribution < -0.4 is 9.64 Å². The summed E-state index contributed by atoms with van der Waals surface area (Å²) in [7, 11) is 1.39. The zero-order chi connectivity index (χ0) is 16.9. The van der Waals surface area contributed by atoms with Crippen molar-refractivity contribution in [2.24, 2.45) is 0 Å². The lowest BCUT2D eigenvalue weighted by atomic mass is 10.1. The second-order valence-electron chi connectivity index (χ2n) is 5.80. The number of benzene rings is 1. The summed E-state index contributed by atoms with van der Waals surface area (Å²) in [6, 6.07) is 8.15. The molecule has 0 atom stereocenters. The molecule has 1 aromatic heterocycles. The van der Waals surface area contributed by atoms with Crippen molar-refractivity contribution in [1.29, 1.82) is 0 Å². The van der Waals surface area contributed by atoms with Crippen LogP contribution in [0.5, 0.6) is 5.75 Å². The lowest BCUT2D eigenvalue weighted by Crippen LogP contribution is -2.38. The van der Waals surface area contributed by atoms with Gasteiger partial charge in [-0.2, -0.15) is 0 Å². The Kier molecular flexibility index (Phi) is 4.98. The molecule has 1 aromatic carbocycles. The van der Waals surface area contributed by atoms with Crippen molar-refractivity contribution in [3.63, 3.8) is 0 Å². The Morgan fingerprint density at radius 2 is 1.96 bits per heavy atom. The van der Waals surface area contributed by atoms with E-state index in [9.17, 15) is 4.79 Å². The topological polar surface area (TPSA) is 77.7 Å². The third kappa shape index (κ3) is 4.04. The highest BCUT2D eigenvalue weighted by Crippen LogP contribution is 2.22. The van der Waals surface area contributed by atoms with Gasteiger partial charge in [0.2, 0.25) is 5.89 Å². The highest BCUT2D eigenvalue weighted by atomic mass is 16.5. The maximum Gasteiger partial charge on any atom is 0.318 e. The number of rotatable bonds is 5. The standard InChI is InChI=1S/C17H21N3O4/c1-12-18-19-17(23-12)20-9-7-15(8-10-20)24-14-5-3-13(4-6-14)11-16(21)22-2/h3-6,15H,7-11H2,1-2H3. The summed E-state index contributed by atoms with van der Waals surface area (Å²) in [6.07, 6.45) is 2.23. The number of esters is 1. The van der Waals surface area contributed by atoms with E-state index < -0.39 is 0 Å². The quantitative estimate of drug-likeness (QED) is 0.777. The first kappa shape index (κ1) is 16.3. The first-order valence-corrected chi connectivity index (χ1v) is 8.01. The van der Waals surface area contributed by atoms with Crippen LogP contribution >= 0.6 is 0 Å². The molecule has 1 saturated heterocycles. The highest BCUT2D eigenvalue weighted by Gasteiger charge is 2.23. The van der Waals surface area contributed by atoms with Crippen molar-refractivity contribution >= 4 is 12.0 Å². The molecule has 2 aromatic rings. The van der Waals surface area contributed by atoms with E-state index in [1.54, 1.807) is 6.92 Å². The number of aryl methyl sites for hydroxylation is 1. The molecule has 0 radical (unpaired) electrons. The van der Waals surface area contributed by atoms with Crippen LogP contribution in [0.3, 0.4) is 0 Å². The molecule has 0 amide bonds. The van der Waals surface area contributed by atoms with Gasteiger partial charge in [-0.1, -0.05) is 17.2 Å². The Bertz CT molecular complexity index is 675. The summed E-state index contributed by atoms with van der Waals surface area (Å²) in [4.78, 5) is 13.3. The summed E-state index contributed by atoms with van der Waals surface area (Å²) in [5.41, 5.74) is 0.913. The number of carbonyl (C=O) groups excluding carboxylic acids is 1. The van der Waals surface area contributed by atoms with Crippen molar-refractivity contribution in [3.8, 4) is 5.75 Å². The van der Waals surface area contributed by atoms with Gasteiger partial charge in [0.15, 0.2) is 0 Å². The Morgan fingerprint density at radius 3 is 2.54 bits per heavy atom. The molecule has 0 saturated carbocycles. The van der Waals surface area contributed by atoms with E-state index in [0.717, 1.165) is 37.2 Å². The number of ether oxygens (including phenoxy) is 2. The van der Waals surface area contributed by atoms with Crippen molar-refractivity contribution in [1.82, 2.24) is 10.2 Å². The molecule has 0 spiro atoms. The summed E-state index contributed by atoms with van der Waals surface area (Å²) in [6.45, 7) is 3.44. The van der Waals surface area contributed by atoms with Crippen LogP contribution in [0.2, 0.25) is 0 Å². The zero-order valence-electron chi connectivity index (χ0n) is 13.9. The van der Waals surface area contributed by atoms with Crippen LogP contribution in [0.1, 0.15) is 24.3 Å². The van der Waals surface area contributed by atoms with E-state index in [1.807, 2.05) is 24.3 Å². The molecular weight excluding hydrogens is 310 g/mol. The van der Waals surface area contributed by atoms with Gasteiger partial charge < -0.3 is 18.8 Å². The van der Waals surface area contributed by atoms with Crippen LogP contribution in [0.25, 0.3) is 0 Å². The predicted octanol–water partition coefficient (Wildman–Crippen LogP) is 2.14. The number of carbonyl (C=O) groups is 1. The molecule has 0 aliphatic carbocycles. The second-order valence-corrected chi connectivity index (χ2v) is 5.80.